The zero-order valence-corrected chi connectivity index (χ0v) is 10.9. The highest BCUT2D eigenvalue weighted by atomic mass is 16.5. The van der Waals surface area contributed by atoms with Crippen molar-refractivity contribution in [3.05, 3.63) is 29.8 Å². The Kier molecular flexibility index (Phi) is 4.43. The molecule has 1 atom stereocenters. The quantitative estimate of drug-likeness (QED) is 0.730. The second-order valence-electron chi connectivity index (χ2n) is 5.20. The first kappa shape index (κ1) is 12.4. The molecule has 17 heavy (non-hydrogen) atoms. The molecule has 2 heteroatoms. The molecule has 1 unspecified atom stereocenters. The maximum Gasteiger partial charge on any atom is 0.119 e. The molecule has 0 amide bonds. The second-order valence-corrected chi connectivity index (χ2v) is 5.20. The minimum Gasteiger partial charge on any atom is -0.492 e. The summed E-state index contributed by atoms with van der Waals surface area (Å²) in [6.07, 6.45) is 4.20. The number of hydrogen-bond acceptors (Lipinski definition) is 2. The van der Waals surface area contributed by atoms with Gasteiger partial charge in [-0.1, -0.05) is 25.0 Å². The second kappa shape index (κ2) is 6.06. The normalized spacial score (nSPS) is 16.8. The zero-order chi connectivity index (χ0) is 12.1. The molecule has 1 aliphatic carbocycles. The first-order chi connectivity index (χ1) is 8.24. The molecule has 0 bridgehead atoms. The van der Waals surface area contributed by atoms with Crippen LogP contribution in [0.1, 0.15) is 31.7 Å². The van der Waals surface area contributed by atoms with E-state index in [1.54, 1.807) is 0 Å². The summed E-state index contributed by atoms with van der Waals surface area (Å²) in [6, 6.07) is 8.84. The van der Waals surface area contributed by atoms with Gasteiger partial charge in [-0.2, -0.15) is 0 Å². The third-order valence-corrected chi connectivity index (χ3v) is 3.24. The number of ether oxygens (including phenoxy) is 1. The Balaban J connectivity index is 1.59. The van der Waals surface area contributed by atoms with Crippen LogP contribution in [0.3, 0.4) is 0 Å². The SMILES string of the molecule is Cc1cccc(OCCNC(C)CC2CC2)c1. The molecule has 0 aliphatic heterocycles. The number of aryl methyl sites for hydroxylation is 1. The third-order valence-electron chi connectivity index (χ3n) is 3.24. The lowest BCUT2D eigenvalue weighted by atomic mass is 10.1. The summed E-state index contributed by atoms with van der Waals surface area (Å²) in [5, 5.41) is 3.51. The standard InChI is InChI=1S/C15H23NO/c1-12-4-3-5-15(10-12)17-9-8-16-13(2)11-14-6-7-14/h3-5,10,13-14,16H,6-9,11H2,1-2H3. The summed E-state index contributed by atoms with van der Waals surface area (Å²) in [6.45, 7) is 6.04. The highest BCUT2D eigenvalue weighted by molar-refractivity contribution is 5.27. The topological polar surface area (TPSA) is 21.3 Å². The third kappa shape index (κ3) is 4.78. The van der Waals surface area contributed by atoms with Gasteiger partial charge in [0.05, 0.1) is 0 Å². The van der Waals surface area contributed by atoms with E-state index in [0.717, 1.165) is 24.8 Å². The van der Waals surface area contributed by atoms with Crippen LogP contribution in [0.15, 0.2) is 24.3 Å². The van der Waals surface area contributed by atoms with Crippen molar-refractivity contribution in [1.29, 1.82) is 0 Å². The number of benzene rings is 1. The molecule has 0 spiro atoms. The monoisotopic (exact) mass is 233 g/mol. The smallest absolute Gasteiger partial charge is 0.119 e. The summed E-state index contributed by atoms with van der Waals surface area (Å²) in [5.41, 5.74) is 1.25. The van der Waals surface area contributed by atoms with Crippen LogP contribution in [-0.2, 0) is 0 Å². The average Bonchev–Trinajstić information content (AvgIpc) is 3.08. The molecule has 1 aliphatic rings. The van der Waals surface area contributed by atoms with Gasteiger partial charge in [-0.15, -0.1) is 0 Å². The van der Waals surface area contributed by atoms with E-state index in [0.29, 0.717) is 6.04 Å². The Morgan fingerprint density at radius 1 is 1.41 bits per heavy atom. The van der Waals surface area contributed by atoms with Crippen LogP contribution >= 0.6 is 0 Å². The van der Waals surface area contributed by atoms with Crippen molar-refractivity contribution < 1.29 is 4.74 Å². The van der Waals surface area contributed by atoms with Gasteiger partial charge >= 0.3 is 0 Å². The van der Waals surface area contributed by atoms with Crippen LogP contribution in [0.2, 0.25) is 0 Å². The molecular formula is C15H23NO. The van der Waals surface area contributed by atoms with E-state index in [1.807, 2.05) is 12.1 Å². The van der Waals surface area contributed by atoms with E-state index < -0.39 is 0 Å². The van der Waals surface area contributed by atoms with Crippen LogP contribution < -0.4 is 10.1 Å². The van der Waals surface area contributed by atoms with Gasteiger partial charge in [0, 0.05) is 12.6 Å². The molecule has 2 rings (SSSR count). The van der Waals surface area contributed by atoms with Crippen LogP contribution in [0, 0.1) is 12.8 Å². The summed E-state index contributed by atoms with van der Waals surface area (Å²) < 4.78 is 5.70. The van der Waals surface area contributed by atoms with Gasteiger partial charge in [-0.3, -0.25) is 0 Å². The minimum atomic E-state index is 0.628. The van der Waals surface area contributed by atoms with Gasteiger partial charge < -0.3 is 10.1 Å². The molecule has 0 saturated heterocycles. The zero-order valence-electron chi connectivity index (χ0n) is 10.9. The largest absolute Gasteiger partial charge is 0.492 e. The summed E-state index contributed by atoms with van der Waals surface area (Å²) >= 11 is 0. The van der Waals surface area contributed by atoms with Crippen LogP contribution in [0.4, 0.5) is 0 Å². The Morgan fingerprint density at radius 3 is 2.94 bits per heavy atom. The first-order valence-electron chi connectivity index (χ1n) is 6.67. The van der Waals surface area contributed by atoms with Crippen molar-refractivity contribution >= 4 is 0 Å². The lowest BCUT2D eigenvalue weighted by Crippen LogP contribution is -2.30. The fourth-order valence-electron chi connectivity index (χ4n) is 2.12. The number of hydrogen-bond donors (Lipinski definition) is 1. The van der Waals surface area contributed by atoms with Gasteiger partial charge in [-0.25, -0.2) is 0 Å². The van der Waals surface area contributed by atoms with E-state index in [2.05, 4.69) is 31.3 Å². The van der Waals surface area contributed by atoms with Gasteiger partial charge in [0.2, 0.25) is 0 Å². The maximum atomic E-state index is 5.70. The fraction of sp³-hybridized carbons (Fsp3) is 0.600. The van der Waals surface area contributed by atoms with E-state index in [4.69, 9.17) is 4.74 Å². The molecule has 0 heterocycles. The Bertz CT molecular complexity index is 347. The molecule has 1 fully saturated rings. The average molecular weight is 233 g/mol. The van der Waals surface area contributed by atoms with Crippen LogP contribution in [0.25, 0.3) is 0 Å². The van der Waals surface area contributed by atoms with Crippen molar-refractivity contribution in [2.24, 2.45) is 5.92 Å². The maximum absolute atomic E-state index is 5.70. The highest BCUT2D eigenvalue weighted by Gasteiger charge is 2.23. The molecular weight excluding hydrogens is 210 g/mol. The van der Waals surface area contributed by atoms with Crippen molar-refractivity contribution in [2.45, 2.75) is 39.2 Å². The molecule has 1 saturated carbocycles. The lowest BCUT2D eigenvalue weighted by Gasteiger charge is -2.13. The van der Waals surface area contributed by atoms with Gasteiger partial charge in [0.15, 0.2) is 0 Å². The molecule has 0 radical (unpaired) electrons. The molecule has 1 aromatic carbocycles. The Labute approximate surface area is 104 Å². The number of nitrogens with one attached hydrogen (secondary N) is 1. The van der Waals surface area contributed by atoms with E-state index in [1.165, 1.54) is 24.8 Å². The summed E-state index contributed by atoms with van der Waals surface area (Å²) in [4.78, 5) is 0. The summed E-state index contributed by atoms with van der Waals surface area (Å²) in [7, 11) is 0. The van der Waals surface area contributed by atoms with Gasteiger partial charge in [0.25, 0.3) is 0 Å². The van der Waals surface area contributed by atoms with E-state index in [9.17, 15) is 0 Å². The van der Waals surface area contributed by atoms with Crippen molar-refractivity contribution in [3.63, 3.8) is 0 Å². The van der Waals surface area contributed by atoms with Gasteiger partial charge in [0.1, 0.15) is 12.4 Å². The molecule has 94 valence electrons. The molecule has 0 aromatic heterocycles. The fourth-order valence-corrected chi connectivity index (χ4v) is 2.12. The van der Waals surface area contributed by atoms with Gasteiger partial charge in [-0.05, 0) is 43.9 Å². The van der Waals surface area contributed by atoms with E-state index in [-0.39, 0.29) is 0 Å². The van der Waals surface area contributed by atoms with Crippen molar-refractivity contribution in [3.8, 4) is 5.75 Å². The van der Waals surface area contributed by atoms with Crippen LogP contribution in [0.5, 0.6) is 5.75 Å². The minimum absolute atomic E-state index is 0.628. The predicted molar refractivity (Wildman–Crippen MR) is 71.5 cm³/mol. The van der Waals surface area contributed by atoms with E-state index >= 15 is 0 Å². The highest BCUT2D eigenvalue weighted by Crippen LogP contribution is 2.33. The Morgan fingerprint density at radius 2 is 2.24 bits per heavy atom. The van der Waals surface area contributed by atoms with Crippen molar-refractivity contribution in [2.75, 3.05) is 13.2 Å². The lowest BCUT2D eigenvalue weighted by molar-refractivity contribution is 0.303. The molecule has 2 nitrogen and oxygen atoms in total. The van der Waals surface area contributed by atoms with Crippen LogP contribution in [-0.4, -0.2) is 19.2 Å². The summed E-state index contributed by atoms with van der Waals surface area (Å²) in [5.74, 6) is 1.97. The molecule has 1 N–H and O–H groups in total. The van der Waals surface area contributed by atoms with Crippen molar-refractivity contribution in [1.82, 2.24) is 5.32 Å². The molecule has 1 aromatic rings. The first-order valence-corrected chi connectivity index (χ1v) is 6.67. The number of rotatable bonds is 7. The Hall–Kier alpha value is -1.02. The predicted octanol–water partition coefficient (Wildman–Crippen LogP) is 3.15.